The van der Waals surface area contributed by atoms with Gasteiger partial charge < -0.3 is 0 Å². The van der Waals surface area contributed by atoms with Crippen LogP contribution in [-0.4, -0.2) is 0 Å². The van der Waals surface area contributed by atoms with E-state index in [2.05, 4.69) is 50.3 Å². The Bertz CT molecular complexity index is 161. The number of hydrogen-bond donors (Lipinski definition) is 0. The Balaban J connectivity index is 3.34. The minimum Gasteiger partial charge on any atom is -0.0845 e. The Morgan fingerprint density at radius 3 is 2.08 bits per heavy atom. The van der Waals surface area contributed by atoms with Gasteiger partial charge in [-0.05, 0) is 19.3 Å². The molecule has 0 bridgehead atoms. The summed E-state index contributed by atoms with van der Waals surface area (Å²) in [5.41, 5.74) is 0. The van der Waals surface area contributed by atoms with Crippen molar-refractivity contribution in [1.29, 1.82) is 0 Å². The summed E-state index contributed by atoms with van der Waals surface area (Å²) in [5.74, 6) is 0. The molecule has 0 aliphatic heterocycles. The maximum atomic E-state index is 3.79. The van der Waals surface area contributed by atoms with Crippen molar-refractivity contribution in [3.63, 3.8) is 0 Å². The maximum absolute atomic E-state index is 3.79. The smallest absolute Gasteiger partial charge is 0.0348 e. The van der Waals surface area contributed by atoms with Crippen LogP contribution in [0.1, 0.15) is 39.0 Å². The summed E-state index contributed by atoms with van der Waals surface area (Å²) < 4.78 is 0. The molecule has 0 amide bonds. The van der Waals surface area contributed by atoms with Gasteiger partial charge in [0.1, 0.15) is 0 Å². The molecule has 0 unspecified atom stereocenters. The Morgan fingerprint density at radius 1 is 0.923 bits per heavy atom. The second-order valence-corrected chi connectivity index (χ2v) is 3.03. The summed E-state index contributed by atoms with van der Waals surface area (Å²) >= 11 is 0. The van der Waals surface area contributed by atoms with Gasteiger partial charge in [-0.2, -0.15) is 0 Å². The molecule has 0 N–H and O–H groups in total. The molecule has 0 atom stereocenters. The first-order valence-corrected chi connectivity index (χ1v) is 5.19. The van der Waals surface area contributed by atoms with E-state index in [-0.39, 0.29) is 0 Å². The Kier molecular flexibility index (Phi) is 10.5. The quantitative estimate of drug-likeness (QED) is 0.398. The molecule has 0 aromatic heterocycles. The van der Waals surface area contributed by atoms with Gasteiger partial charge in [0.05, 0.1) is 0 Å². The highest BCUT2D eigenvalue weighted by Crippen LogP contribution is 1.95. The summed E-state index contributed by atoms with van der Waals surface area (Å²) in [6, 6.07) is 0. The molecule has 0 nitrogen and oxygen atoms in total. The molecule has 0 saturated heterocycles. The van der Waals surface area contributed by atoms with E-state index in [4.69, 9.17) is 0 Å². The van der Waals surface area contributed by atoms with Gasteiger partial charge >= 0.3 is 0 Å². The van der Waals surface area contributed by atoms with E-state index in [1.165, 1.54) is 19.3 Å². The molecular formula is C13H21. The molecule has 1 radical (unpaired) electrons. The summed E-state index contributed by atoms with van der Waals surface area (Å²) in [7, 11) is 0. The lowest BCUT2D eigenvalue weighted by Crippen LogP contribution is -1.65. The van der Waals surface area contributed by atoms with Crippen molar-refractivity contribution in [2.45, 2.75) is 39.0 Å². The third-order valence-electron chi connectivity index (χ3n) is 1.68. The predicted octanol–water partition coefficient (Wildman–Crippen LogP) is 4.46. The molecule has 0 aliphatic carbocycles. The molecule has 0 aromatic rings. The highest BCUT2D eigenvalue weighted by atomic mass is 13.8. The van der Waals surface area contributed by atoms with Gasteiger partial charge in [-0.15, -0.1) is 0 Å². The van der Waals surface area contributed by atoms with E-state index < -0.39 is 0 Å². The van der Waals surface area contributed by atoms with E-state index in [0.29, 0.717) is 0 Å². The predicted molar refractivity (Wildman–Crippen MR) is 61.5 cm³/mol. The SMILES string of the molecule is [CH2]CCCC=CC=CC=CCCC. The molecule has 0 spiro atoms. The number of unbranched alkanes of at least 4 members (excludes halogenated alkanes) is 3. The van der Waals surface area contributed by atoms with Gasteiger partial charge in [-0.25, -0.2) is 0 Å². The first-order chi connectivity index (χ1) is 6.41. The summed E-state index contributed by atoms with van der Waals surface area (Å²) in [6.07, 6.45) is 18.5. The zero-order valence-corrected chi connectivity index (χ0v) is 8.71. The minimum absolute atomic E-state index is 1.03. The van der Waals surface area contributed by atoms with Gasteiger partial charge in [-0.3, -0.25) is 0 Å². The molecule has 73 valence electrons. The average molecular weight is 177 g/mol. The van der Waals surface area contributed by atoms with Crippen LogP contribution in [0.4, 0.5) is 0 Å². The van der Waals surface area contributed by atoms with E-state index in [1.807, 2.05) is 0 Å². The van der Waals surface area contributed by atoms with Crippen LogP contribution in [0, 0.1) is 6.92 Å². The summed E-state index contributed by atoms with van der Waals surface area (Å²) in [4.78, 5) is 0. The van der Waals surface area contributed by atoms with Crippen LogP contribution in [0.5, 0.6) is 0 Å². The highest BCUT2D eigenvalue weighted by Gasteiger charge is 1.75. The largest absolute Gasteiger partial charge is 0.0845 e. The molecule has 13 heavy (non-hydrogen) atoms. The summed E-state index contributed by atoms with van der Waals surface area (Å²) in [6.45, 7) is 5.98. The standard InChI is InChI=1S/C13H21/c1-3-5-7-9-11-13-12-10-8-6-4-2/h8-13H,1,3-7H2,2H3. The molecular weight excluding hydrogens is 156 g/mol. The first kappa shape index (κ1) is 12.2. The van der Waals surface area contributed by atoms with E-state index in [1.54, 1.807) is 0 Å². The molecule has 0 heterocycles. The van der Waals surface area contributed by atoms with Crippen LogP contribution in [-0.2, 0) is 0 Å². The second-order valence-electron chi connectivity index (χ2n) is 3.03. The van der Waals surface area contributed by atoms with Crippen LogP contribution < -0.4 is 0 Å². The molecule has 0 saturated carbocycles. The maximum Gasteiger partial charge on any atom is -0.0348 e. The van der Waals surface area contributed by atoms with Gasteiger partial charge in [0.15, 0.2) is 0 Å². The third kappa shape index (κ3) is 11.2. The lowest BCUT2D eigenvalue weighted by molar-refractivity contribution is 0.866. The molecule has 0 aliphatic rings. The van der Waals surface area contributed by atoms with Gasteiger partial charge in [0, 0.05) is 0 Å². The number of allylic oxidation sites excluding steroid dienone is 6. The van der Waals surface area contributed by atoms with Crippen molar-refractivity contribution in [1.82, 2.24) is 0 Å². The normalized spacial score (nSPS) is 12.5. The van der Waals surface area contributed by atoms with Crippen molar-refractivity contribution in [2.24, 2.45) is 0 Å². The Hall–Kier alpha value is -0.780. The van der Waals surface area contributed by atoms with Crippen LogP contribution in [0.3, 0.4) is 0 Å². The lowest BCUT2D eigenvalue weighted by atomic mass is 10.2. The fraction of sp³-hybridized carbons (Fsp3) is 0.462. The van der Waals surface area contributed by atoms with Crippen LogP contribution in [0.2, 0.25) is 0 Å². The van der Waals surface area contributed by atoms with Crippen molar-refractivity contribution < 1.29 is 0 Å². The van der Waals surface area contributed by atoms with E-state index in [0.717, 1.165) is 12.8 Å². The summed E-state index contributed by atoms with van der Waals surface area (Å²) in [5, 5.41) is 0. The van der Waals surface area contributed by atoms with Crippen molar-refractivity contribution in [3.05, 3.63) is 43.4 Å². The fourth-order valence-electron chi connectivity index (χ4n) is 0.907. The molecule has 0 fully saturated rings. The topological polar surface area (TPSA) is 0 Å². The highest BCUT2D eigenvalue weighted by molar-refractivity contribution is 5.10. The van der Waals surface area contributed by atoms with Crippen molar-refractivity contribution in [2.75, 3.05) is 0 Å². The molecule has 0 rings (SSSR count). The number of rotatable bonds is 7. The van der Waals surface area contributed by atoms with Crippen molar-refractivity contribution >= 4 is 0 Å². The zero-order chi connectivity index (χ0) is 9.78. The third-order valence-corrected chi connectivity index (χ3v) is 1.68. The fourth-order valence-corrected chi connectivity index (χ4v) is 0.907. The number of hydrogen-bond acceptors (Lipinski definition) is 0. The van der Waals surface area contributed by atoms with E-state index in [9.17, 15) is 0 Å². The average Bonchev–Trinajstić information content (AvgIpc) is 2.16. The first-order valence-electron chi connectivity index (χ1n) is 5.19. The molecule has 0 aromatic carbocycles. The Morgan fingerprint density at radius 2 is 1.54 bits per heavy atom. The monoisotopic (exact) mass is 177 g/mol. The van der Waals surface area contributed by atoms with Crippen LogP contribution in [0.25, 0.3) is 0 Å². The Labute approximate surface area is 83.0 Å². The van der Waals surface area contributed by atoms with Crippen LogP contribution in [0.15, 0.2) is 36.5 Å². The van der Waals surface area contributed by atoms with Crippen molar-refractivity contribution in [3.8, 4) is 0 Å². The lowest BCUT2D eigenvalue weighted by Gasteiger charge is -1.85. The van der Waals surface area contributed by atoms with E-state index >= 15 is 0 Å². The zero-order valence-electron chi connectivity index (χ0n) is 8.71. The minimum atomic E-state index is 1.03. The van der Waals surface area contributed by atoms with Gasteiger partial charge in [-0.1, -0.05) is 63.1 Å². The van der Waals surface area contributed by atoms with Gasteiger partial charge in [0.2, 0.25) is 0 Å². The van der Waals surface area contributed by atoms with Crippen LogP contribution >= 0.6 is 0 Å². The molecule has 0 heteroatoms. The van der Waals surface area contributed by atoms with Gasteiger partial charge in [0.25, 0.3) is 0 Å². The second kappa shape index (κ2) is 11.2.